The van der Waals surface area contributed by atoms with E-state index in [9.17, 15) is 4.79 Å². The summed E-state index contributed by atoms with van der Waals surface area (Å²) in [7, 11) is 0. The van der Waals surface area contributed by atoms with Crippen LogP contribution in [0.2, 0.25) is 0 Å². The number of carboxylic acids is 1. The van der Waals surface area contributed by atoms with Gasteiger partial charge in [0.1, 0.15) is 0 Å². The molecule has 0 radical (unpaired) electrons. The minimum Gasteiger partial charge on any atom is -0.481 e. The molecule has 0 aromatic heterocycles. The molecule has 0 amide bonds. The average Bonchev–Trinajstić information content (AvgIpc) is 1.59. The maximum Gasteiger partial charge on any atom is 0.306 e. The SMILES string of the molecule is C[C@@](O)(CCO)CC(=O)O.O. The van der Waals surface area contributed by atoms with Crippen LogP contribution in [0.3, 0.4) is 0 Å². The number of aliphatic carboxylic acids is 1. The smallest absolute Gasteiger partial charge is 0.306 e. The largest absolute Gasteiger partial charge is 0.481 e. The van der Waals surface area contributed by atoms with Gasteiger partial charge in [0, 0.05) is 6.61 Å². The molecule has 5 N–H and O–H groups in total. The van der Waals surface area contributed by atoms with Crippen molar-refractivity contribution in [2.45, 2.75) is 25.4 Å². The van der Waals surface area contributed by atoms with E-state index in [1.807, 2.05) is 0 Å². The van der Waals surface area contributed by atoms with Crippen LogP contribution in [0.4, 0.5) is 0 Å². The van der Waals surface area contributed by atoms with Gasteiger partial charge in [0.15, 0.2) is 0 Å². The van der Waals surface area contributed by atoms with Crippen LogP contribution in [0, 0.1) is 0 Å². The molecule has 0 aliphatic rings. The molecule has 1 atom stereocenters. The summed E-state index contributed by atoms with van der Waals surface area (Å²) in [5.41, 5.74) is -1.28. The first-order valence-corrected chi connectivity index (χ1v) is 3.03. The van der Waals surface area contributed by atoms with Crippen LogP contribution in [0.1, 0.15) is 19.8 Å². The van der Waals surface area contributed by atoms with Crippen LogP contribution in [0.25, 0.3) is 0 Å². The Bertz CT molecular complexity index is 120. The van der Waals surface area contributed by atoms with Crippen LogP contribution < -0.4 is 0 Å². The molecule has 0 rings (SSSR count). The molecule has 0 aromatic carbocycles. The van der Waals surface area contributed by atoms with E-state index in [1.165, 1.54) is 6.92 Å². The molecule has 11 heavy (non-hydrogen) atoms. The molecule has 0 saturated carbocycles. The molecule has 0 aromatic rings. The Kier molecular flexibility index (Phi) is 5.97. The Morgan fingerprint density at radius 2 is 2.00 bits per heavy atom. The molecular formula is C6H14O5. The van der Waals surface area contributed by atoms with Crippen LogP contribution in [-0.4, -0.2) is 39.0 Å². The van der Waals surface area contributed by atoms with Crippen molar-refractivity contribution in [2.75, 3.05) is 6.61 Å². The Balaban J connectivity index is 0. The second-order valence-electron chi connectivity index (χ2n) is 2.54. The van der Waals surface area contributed by atoms with Gasteiger partial charge in [-0.1, -0.05) is 0 Å². The van der Waals surface area contributed by atoms with Gasteiger partial charge >= 0.3 is 5.97 Å². The van der Waals surface area contributed by atoms with Gasteiger partial charge in [-0.05, 0) is 13.3 Å². The predicted molar refractivity (Wildman–Crippen MR) is 38.2 cm³/mol. The fraction of sp³-hybridized carbons (Fsp3) is 0.833. The number of aliphatic hydroxyl groups excluding tert-OH is 1. The fourth-order valence-electron chi connectivity index (χ4n) is 0.655. The maximum absolute atomic E-state index is 10.0. The van der Waals surface area contributed by atoms with Gasteiger partial charge in [0.05, 0.1) is 12.0 Å². The Morgan fingerprint density at radius 3 is 2.27 bits per heavy atom. The normalized spacial score (nSPS) is 14.8. The molecule has 0 heterocycles. The first-order valence-electron chi connectivity index (χ1n) is 3.03. The van der Waals surface area contributed by atoms with Crippen LogP contribution >= 0.6 is 0 Å². The second-order valence-corrected chi connectivity index (χ2v) is 2.54. The van der Waals surface area contributed by atoms with Gasteiger partial charge in [0.25, 0.3) is 0 Å². The molecule has 0 bridgehead atoms. The van der Waals surface area contributed by atoms with Crippen LogP contribution in [0.15, 0.2) is 0 Å². The highest BCUT2D eigenvalue weighted by atomic mass is 16.4. The monoisotopic (exact) mass is 166 g/mol. The molecule has 0 unspecified atom stereocenters. The highest BCUT2D eigenvalue weighted by Crippen LogP contribution is 2.12. The van der Waals surface area contributed by atoms with E-state index in [0.717, 1.165) is 0 Å². The van der Waals surface area contributed by atoms with E-state index >= 15 is 0 Å². The van der Waals surface area contributed by atoms with E-state index in [4.69, 9.17) is 15.3 Å². The average molecular weight is 166 g/mol. The zero-order valence-corrected chi connectivity index (χ0v) is 6.37. The summed E-state index contributed by atoms with van der Waals surface area (Å²) >= 11 is 0. The fourth-order valence-corrected chi connectivity index (χ4v) is 0.655. The lowest BCUT2D eigenvalue weighted by Gasteiger charge is -2.18. The van der Waals surface area contributed by atoms with E-state index in [2.05, 4.69) is 0 Å². The Labute approximate surface area is 64.6 Å². The summed E-state index contributed by atoms with van der Waals surface area (Å²) in [5.74, 6) is -1.06. The predicted octanol–water partition coefficient (Wildman–Crippen LogP) is -1.23. The van der Waals surface area contributed by atoms with Gasteiger partial charge in [-0.15, -0.1) is 0 Å². The van der Waals surface area contributed by atoms with Crippen molar-refractivity contribution in [3.8, 4) is 0 Å². The lowest BCUT2D eigenvalue weighted by Crippen LogP contribution is -2.28. The maximum atomic E-state index is 10.0. The number of rotatable bonds is 4. The van der Waals surface area contributed by atoms with Gasteiger partial charge in [-0.25, -0.2) is 0 Å². The zero-order valence-electron chi connectivity index (χ0n) is 6.37. The van der Waals surface area contributed by atoms with Crippen molar-refractivity contribution in [1.82, 2.24) is 0 Å². The van der Waals surface area contributed by atoms with Crippen LogP contribution in [0.5, 0.6) is 0 Å². The summed E-state index contributed by atoms with van der Waals surface area (Å²) in [4.78, 5) is 10.0. The topological polar surface area (TPSA) is 109 Å². The van der Waals surface area contributed by atoms with Gasteiger partial charge < -0.3 is 20.8 Å². The molecule has 68 valence electrons. The van der Waals surface area contributed by atoms with E-state index in [0.29, 0.717) is 0 Å². The Hall–Kier alpha value is -0.650. The van der Waals surface area contributed by atoms with Crippen molar-refractivity contribution >= 4 is 5.97 Å². The van der Waals surface area contributed by atoms with Gasteiger partial charge in [-0.3, -0.25) is 4.79 Å². The molecule has 0 spiro atoms. The van der Waals surface area contributed by atoms with Crippen molar-refractivity contribution in [1.29, 1.82) is 0 Å². The third-order valence-electron chi connectivity index (χ3n) is 1.18. The van der Waals surface area contributed by atoms with Crippen molar-refractivity contribution in [2.24, 2.45) is 0 Å². The summed E-state index contributed by atoms with van der Waals surface area (Å²) in [6, 6.07) is 0. The summed E-state index contributed by atoms with van der Waals surface area (Å²) < 4.78 is 0. The van der Waals surface area contributed by atoms with Crippen molar-refractivity contribution in [3.63, 3.8) is 0 Å². The quantitative estimate of drug-likeness (QED) is 0.485. The first kappa shape index (κ1) is 13.0. The van der Waals surface area contributed by atoms with E-state index in [-0.39, 0.29) is 24.9 Å². The third kappa shape index (κ3) is 7.24. The number of hydrogen-bond donors (Lipinski definition) is 3. The summed E-state index contributed by atoms with van der Waals surface area (Å²) in [6.07, 6.45) is -0.229. The molecule has 0 fully saturated rings. The molecule has 0 aliphatic carbocycles. The molecule has 0 aliphatic heterocycles. The number of carboxylic acid groups (broad SMARTS) is 1. The summed E-state index contributed by atoms with van der Waals surface area (Å²) in [6.45, 7) is 1.19. The zero-order chi connectivity index (χ0) is 8.20. The minimum absolute atomic E-state index is 0. The molecular weight excluding hydrogens is 152 g/mol. The number of hydrogen-bond acceptors (Lipinski definition) is 3. The van der Waals surface area contributed by atoms with E-state index < -0.39 is 11.6 Å². The van der Waals surface area contributed by atoms with Crippen molar-refractivity contribution in [3.05, 3.63) is 0 Å². The lowest BCUT2D eigenvalue weighted by molar-refractivity contribution is -0.142. The summed E-state index contributed by atoms with van der Waals surface area (Å²) in [5, 5.41) is 25.7. The number of aliphatic hydroxyl groups is 2. The standard InChI is InChI=1S/C6H12O4.H2O/c1-6(10,2-3-7)4-5(8)9;/h7,10H,2-4H2,1H3,(H,8,9);1H2/t6-;/m1./s1. The van der Waals surface area contributed by atoms with Crippen molar-refractivity contribution < 1.29 is 25.6 Å². The molecule has 5 nitrogen and oxygen atoms in total. The molecule has 5 heteroatoms. The highest BCUT2D eigenvalue weighted by Gasteiger charge is 2.22. The number of carbonyl (C=O) groups is 1. The van der Waals surface area contributed by atoms with Gasteiger partial charge in [-0.2, -0.15) is 0 Å². The first-order chi connectivity index (χ1) is 4.48. The highest BCUT2D eigenvalue weighted by molar-refractivity contribution is 5.67. The third-order valence-corrected chi connectivity index (χ3v) is 1.18. The lowest BCUT2D eigenvalue weighted by atomic mass is 9.99. The second kappa shape index (κ2) is 5.06. The van der Waals surface area contributed by atoms with Crippen LogP contribution in [-0.2, 0) is 4.79 Å². The molecule has 0 saturated heterocycles. The Morgan fingerprint density at radius 1 is 1.55 bits per heavy atom. The van der Waals surface area contributed by atoms with Gasteiger partial charge in [0.2, 0.25) is 0 Å². The minimum atomic E-state index is -1.28. The van der Waals surface area contributed by atoms with E-state index in [1.54, 1.807) is 0 Å².